The molecule has 3 aliphatic carbocycles. The molecule has 3 aromatic carbocycles. The van der Waals surface area contributed by atoms with Gasteiger partial charge in [-0.15, -0.1) is 0 Å². The highest BCUT2D eigenvalue weighted by Gasteiger charge is 2.65. The van der Waals surface area contributed by atoms with Gasteiger partial charge in [-0.05, 0) is 97.5 Å². The second kappa shape index (κ2) is 15.5. The Labute approximate surface area is 301 Å². The molecule has 52 heavy (non-hydrogen) atoms. The summed E-state index contributed by atoms with van der Waals surface area (Å²) in [5.74, 6) is -2.80. The zero-order chi connectivity index (χ0) is 37.2. The number of esters is 3. The molecule has 0 radical (unpaired) electrons. The van der Waals surface area contributed by atoms with E-state index in [0.29, 0.717) is 17.2 Å². The number of carbonyl (C=O) groups excluding carboxylic acids is 3. The van der Waals surface area contributed by atoms with E-state index in [0.717, 1.165) is 0 Å². The van der Waals surface area contributed by atoms with Crippen LogP contribution in [0.1, 0.15) is 56.8 Å². The van der Waals surface area contributed by atoms with E-state index in [1.807, 2.05) is 0 Å². The maximum atomic E-state index is 13.3. The highest BCUT2D eigenvalue weighted by atomic mass is 16.6. The van der Waals surface area contributed by atoms with Gasteiger partial charge in [0.15, 0.2) is 0 Å². The van der Waals surface area contributed by atoms with Gasteiger partial charge in [-0.3, -0.25) is 0 Å². The lowest BCUT2D eigenvalue weighted by molar-refractivity contribution is -0.252. The third-order valence-corrected chi connectivity index (χ3v) is 11.0. The van der Waals surface area contributed by atoms with E-state index < -0.39 is 77.7 Å². The molecule has 3 aromatic rings. The standard InChI is InChI=1S/C39H44O13/c1-47-24-10-4-21(5-11-24)36(44)50-20-39-17-16-27-32(28(40)18-30(34(27)42)51-37(45)22-6-12-25(48-2)13-7-22)33(39)29(41)19-31(35(39)43)52-38(46)23-8-14-26(49-3)15-9-23/h4-15,27-35,40-43H,16-20H2,1-3H3/t27-,28-,29-,30-,31-,32+,33+,34+,35-,39+/m1/s1. The van der Waals surface area contributed by atoms with Gasteiger partial charge in [0.2, 0.25) is 0 Å². The van der Waals surface area contributed by atoms with Crippen LogP contribution in [0.25, 0.3) is 0 Å². The molecule has 0 aromatic heterocycles. The largest absolute Gasteiger partial charge is 0.497 e. The Kier molecular flexibility index (Phi) is 11.1. The van der Waals surface area contributed by atoms with E-state index in [9.17, 15) is 34.8 Å². The van der Waals surface area contributed by atoms with Gasteiger partial charge in [0.25, 0.3) is 0 Å². The molecular formula is C39H44O13. The molecule has 4 N–H and O–H groups in total. The van der Waals surface area contributed by atoms with Crippen molar-refractivity contribution in [1.29, 1.82) is 0 Å². The van der Waals surface area contributed by atoms with Crippen LogP contribution in [0.15, 0.2) is 72.8 Å². The summed E-state index contributed by atoms with van der Waals surface area (Å²) in [5.41, 5.74) is -0.717. The van der Waals surface area contributed by atoms with Gasteiger partial charge >= 0.3 is 17.9 Å². The lowest BCUT2D eigenvalue weighted by Gasteiger charge is -2.61. The Balaban J connectivity index is 1.25. The molecule has 0 bridgehead atoms. The second-order valence-electron chi connectivity index (χ2n) is 13.7. The molecule has 0 aliphatic heterocycles. The predicted octanol–water partition coefficient (Wildman–Crippen LogP) is 3.20. The molecular weight excluding hydrogens is 676 g/mol. The number of carbonyl (C=O) groups is 3. The maximum Gasteiger partial charge on any atom is 0.338 e. The van der Waals surface area contributed by atoms with E-state index in [1.165, 1.54) is 57.7 Å². The van der Waals surface area contributed by atoms with Crippen LogP contribution in [-0.4, -0.2) is 103 Å². The molecule has 6 rings (SSSR count). The molecule has 0 heterocycles. The van der Waals surface area contributed by atoms with Gasteiger partial charge in [-0.1, -0.05) is 0 Å². The topological polar surface area (TPSA) is 188 Å². The Morgan fingerprint density at radius 3 is 1.56 bits per heavy atom. The molecule has 10 atom stereocenters. The average molecular weight is 721 g/mol. The van der Waals surface area contributed by atoms with Crippen molar-refractivity contribution < 1.29 is 63.2 Å². The number of aliphatic hydroxyl groups excluding tert-OH is 4. The number of rotatable bonds is 10. The SMILES string of the molecule is COc1ccc(C(=O)OC[C@@]23CC[C@H]4[C@H](O)[C@H](OC(=O)c5ccc(OC)cc5)C[C@@H](O)[C@H]4[C@@H]2[C@H](O)C[C@@H](OC(=O)c2ccc(OC)cc2)[C@H]3O)cc1. The van der Waals surface area contributed by atoms with E-state index >= 15 is 0 Å². The molecule has 0 amide bonds. The number of benzene rings is 3. The average Bonchev–Trinajstić information content (AvgIpc) is 3.17. The molecule has 13 heteroatoms. The van der Waals surface area contributed by atoms with E-state index in [2.05, 4.69) is 0 Å². The summed E-state index contributed by atoms with van der Waals surface area (Å²) in [6, 6.07) is 18.8. The van der Waals surface area contributed by atoms with Crippen LogP contribution in [-0.2, 0) is 14.2 Å². The van der Waals surface area contributed by atoms with E-state index in [4.69, 9.17) is 28.4 Å². The van der Waals surface area contributed by atoms with Crippen molar-refractivity contribution >= 4 is 17.9 Å². The molecule has 278 valence electrons. The minimum absolute atomic E-state index is 0.118. The number of methoxy groups -OCH3 is 3. The van der Waals surface area contributed by atoms with E-state index in [-0.39, 0.29) is 49.0 Å². The predicted molar refractivity (Wildman–Crippen MR) is 183 cm³/mol. The maximum absolute atomic E-state index is 13.3. The van der Waals surface area contributed by atoms with Crippen LogP contribution >= 0.6 is 0 Å². The third-order valence-electron chi connectivity index (χ3n) is 11.0. The fourth-order valence-electron chi connectivity index (χ4n) is 8.41. The molecule has 3 aliphatic rings. The summed E-state index contributed by atoms with van der Waals surface area (Å²) in [7, 11) is 4.50. The third kappa shape index (κ3) is 7.18. The first-order chi connectivity index (χ1) is 25.0. The van der Waals surface area contributed by atoms with Crippen molar-refractivity contribution in [2.75, 3.05) is 27.9 Å². The number of fused-ring (bicyclic) bond motifs is 3. The summed E-state index contributed by atoms with van der Waals surface area (Å²) >= 11 is 0. The van der Waals surface area contributed by atoms with Crippen molar-refractivity contribution in [3.8, 4) is 17.2 Å². The number of ether oxygens (including phenoxy) is 6. The van der Waals surface area contributed by atoms with Gasteiger partial charge in [0, 0.05) is 24.2 Å². The lowest BCUT2D eigenvalue weighted by Crippen LogP contribution is -2.68. The Hall–Kier alpha value is -4.69. The van der Waals surface area contributed by atoms with Crippen LogP contribution in [0.5, 0.6) is 17.2 Å². The second-order valence-corrected chi connectivity index (χ2v) is 13.7. The number of hydrogen-bond acceptors (Lipinski definition) is 13. The smallest absolute Gasteiger partial charge is 0.338 e. The quantitative estimate of drug-likeness (QED) is 0.177. The highest BCUT2D eigenvalue weighted by Crippen LogP contribution is 2.59. The normalized spacial score (nSPS) is 30.9. The van der Waals surface area contributed by atoms with Gasteiger partial charge < -0.3 is 48.8 Å². The first kappa shape index (κ1) is 37.1. The summed E-state index contributed by atoms with van der Waals surface area (Å²) in [4.78, 5) is 39.6. The molecule has 3 fully saturated rings. The van der Waals surface area contributed by atoms with Gasteiger partial charge in [0.1, 0.15) is 42.2 Å². The lowest BCUT2D eigenvalue weighted by atomic mass is 9.47. The van der Waals surface area contributed by atoms with Crippen molar-refractivity contribution in [1.82, 2.24) is 0 Å². The summed E-state index contributed by atoms with van der Waals surface area (Å²) < 4.78 is 32.8. The van der Waals surface area contributed by atoms with Gasteiger partial charge in [-0.2, -0.15) is 0 Å². The van der Waals surface area contributed by atoms with Crippen molar-refractivity contribution in [3.05, 3.63) is 89.5 Å². The monoisotopic (exact) mass is 720 g/mol. The van der Waals surface area contributed by atoms with E-state index in [1.54, 1.807) is 36.4 Å². The first-order valence-corrected chi connectivity index (χ1v) is 17.2. The van der Waals surface area contributed by atoms with Crippen LogP contribution in [0.2, 0.25) is 0 Å². The fourth-order valence-corrected chi connectivity index (χ4v) is 8.41. The van der Waals surface area contributed by atoms with Crippen LogP contribution in [0.3, 0.4) is 0 Å². The zero-order valence-corrected chi connectivity index (χ0v) is 29.1. The van der Waals surface area contributed by atoms with Gasteiger partial charge in [-0.25, -0.2) is 14.4 Å². The summed E-state index contributed by atoms with van der Waals surface area (Å²) in [5, 5.41) is 47.2. The number of aliphatic hydroxyl groups is 4. The first-order valence-electron chi connectivity index (χ1n) is 17.2. The van der Waals surface area contributed by atoms with Crippen LogP contribution in [0, 0.1) is 23.2 Å². The fraction of sp³-hybridized carbons (Fsp3) is 0.462. The van der Waals surface area contributed by atoms with Crippen molar-refractivity contribution in [3.63, 3.8) is 0 Å². The van der Waals surface area contributed by atoms with Gasteiger partial charge in [0.05, 0.1) is 56.3 Å². The van der Waals surface area contributed by atoms with Crippen molar-refractivity contribution in [2.45, 2.75) is 62.3 Å². The summed E-state index contributed by atoms with van der Waals surface area (Å²) in [6.45, 7) is -0.376. The number of hydrogen-bond donors (Lipinski definition) is 4. The molecule has 0 saturated heterocycles. The summed E-state index contributed by atoms with van der Waals surface area (Å²) in [6.07, 6.45) is -7.28. The Morgan fingerprint density at radius 2 is 1.08 bits per heavy atom. The van der Waals surface area contributed by atoms with Crippen molar-refractivity contribution in [2.24, 2.45) is 23.2 Å². The molecule has 0 spiro atoms. The molecule has 13 nitrogen and oxygen atoms in total. The highest BCUT2D eigenvalue weighted by molar-refractivity contribution is 5.90. The Morgan fingerprint density at radius 1 is 0.635 bits per heavy atom. The Bertz CT molecular complexity index is 1710. The minimum atomic E-state index is -1.43. The molecule has 3 saturated carbocycles. The van der Waals surface area contributed by atoms with Crippen LogP contribution < -0.4 is 14.2 Å². The van der Waals surface area contributed by atoms with Crippen LogP contribution in [0.4, 0.5) is 0 Å². The zero-order valence-electron chi connectivity index (χ0n) is 29.1. The molecule has 0 unspecified atom stereocenters. The minimum Gasteiger partial charge on any atom is -0.497 e.